The van der Waals surface area contributed by atoms with Crippen LogP contribution in [-0.2, 0) is 0 Å². The van der Waals surface area contributed by atoms with Gasteiger partial charge in [-0.05, 0) is 28.8 Å². The van der Waals surface area contributed by atoms with E-state index >= 15 is 0 Å². The number of rotatable bonds is 3. The summed E-state index contributed by atoms with van der Waals surface area (Å²) >= 11 is 0. The lowest BCUT2D eigenvalue weighted by molar-refractivity contribution is -0.929. The molecule has 140 valence electrons. The molecular formula is C24H23FN3+. The fraction of sp³-hybridized carbons (Fsp3) is 0.208. The lowest BCUT2D eigenvalue weighted by Gasteiger charge is -2.34. The number of halogens is 1. The molecule has 2 aliphatic rings. The van der Waals surface area contributed by atoms with Crippen molar-refractivity contribution in [1.29, 1.82) is 0 Å². The van der Waals surface area contributed by atoms with Gasteiger partial charge >= 0.3 is 0 Å². The van der Waals surface area contributed by atoms with Gasteiger partial charge in [0.05, 0.1) is 32.4 Å². The number of nitrogens with zero attached hydrogens (tertiary/aromatic N) is 2. The zero-order chi connectivity index (χ0) is 18.9. The largest absolute Gasteiger partial charge is 0.322 e. The van der Waals surface area contributed by atoms with Gasteiger partial charge in [-0.1, -0.05) is 60.7 Å². The third-order valence-electron chi connectivity index (χ3n) is 5.84. The standard InChI is InChI=1S/C24H22FN3/c25-19-7-5-6-18(16-19)17-26-28-14-12-27(13-15-28)24-22-10-3-1-8-20(22)21-9-2-4-11-23(21)24/h1-11,16-17,24H,12-15H2/p+1/b26-17+. The Morgan fingerprint density at radius 2 is 1.50 bits per heavy atom. The van der Waals surface area contributed by atoms with Crippen molar-refractivity contribution in [2.75, 3.05) is 26.2 Å². The molecule has 1 fully saturated rings. The van der Waals surface area contributed by atoms with Crippen LogP contribution in [-0.4, -0.2) is 37.4 Å². The summed E-state index contributed by atoms with van der Waals surface area (Å²) in [6.07, 6.45) is 1.76. The molecular weight excluding hydrogens is 349 g/mol. The number of hydrogen-bond acceptors (Lipinski definition) is 2. The fourth-order valence-electron chi connectivity index (χ4n) is 4.52. The maximum Gasteiger partial charge on any atom is 0.140 e. The van der Waals surface area contributed by atoms with Crippen LogP contribution in [0.3, 0.4) is 0 Å². The van der Waals surface area contributed by atoms with E-state index in [0.29, 0.717) is 6.04 Å². The average molecular weight is 372 g/mol. The van der Waals surface area contributed by atoms with Crippen molar-refractivity contribution in [1.82, 2.24) is 5.01 Å². The van der Waals surface area contributed by atoms with Crippen molar-refractivity contribution < 1.29 is 9.29 Å². The number of fused-ring (bicyclic) bond motifs is 3. The molecule has 1 N–H and O–H groups in total. The fourth-order valence-corrected chi connectivity index (χ4v) is 4.52. The first-order valence-electron chi connectivity index (χ1n) is 9.87. The highest BCUT2D eigenvalue weighted by Gasteiger charge is 2.37. The second-order valence-corrected chi connectivity index (χ2v) is 7.52. The molecule has 0 bridgehead atoms. The molecule has 4 heteroatoms. The van der Waals surface area contributed by atoms with Gasteiger partial charge in [0.2, 0.25) is 0 Å². The molecule has 5 rings (SSSR count). The van der Waals surface area contributed by atoms with E-state index in [1.807, 2.05) is 6.07 Å². The first-order chi connectivity index (χ1) is 13.8. The van der Waals surface area contributed by atoms with Crippen molar-refractivity contribution in [3.05, 3.63) is 95.3 Å². The van der Waals surface area contributed by atoms with E-state index in [-0.39, 0.29) is 5.82 Å². The summed E-state index contributed by atoms with van der Waals surface area (Å²) in [5, 5.41) is 6.67. The highest BCUT2D eigenvalue weighted by Crippen LogP contribution is 2.41. The van der Waals surface area contributed by atoms with Gasteiger partial charge in [0, 0.05) is 11.1 Å². The predicted molar refractivity (Wildman–Crippen MR) is 110 cm³/mol. The molecule has 1 aliphatic carbocycles. The minimum atomic E-state index is -0.225. The molecule has 0 atom stereocenters. The number of quaternary nitrogens is 1. The molecule has 3 aromatic carbocycles. The van der Waals surface area contributed by atoms with Crippen LogP contribution in [0.25, 0.3) is 11.1 Å². The van der Waals surface area contributed by atoms with Gasteiger partial charge in [-0.25, -0.2) is 4.39 Å². The average Bonchev–Trinajstić information content (AvgIpc) is 3.07. The zero-order valence-electron chi connectivity index (χ0n) is 15.7. The van der Waals surface area contributed by atoms with E-state index in [4.69, 9.17) is 0 Å². The van der Waals surface area contributed by atoms with Gasteiger partial charge in [0.1, 0.15) is 11.9 Å². The zero-order valence-corrected chi connectivity index (χ0v) is 15.7. The summed E-state index contributed by atoms with van der Waals surface area (Å²) in [5.41, 5.74) is 6.43. The van der Waals surface area contributed by atoms with E-state index in [1.165, 1.54) is 34.4 Å². The van der Waals surface area contributed by atoms with Crippen molar-refractivity contribution in [2.45, 2.75) is 6.04 Å². The van der Waals surface area contributed by atoms with Crippen LogP contribution in [0.15, 0.2) is 77.9 Å². The molecule has 0 aromatic heterocycles. The van der Waals surface area contributed by atoms with E-state index in [0.717, 1.165) is 31.7 Å². The number of hydrazone groups is 1. The molecule has 1 aliphatic heterocycles. The highest BCUT2D eigenvalue weighted by molar-refractivity contribution is 5.79. The maximum absolute atomic E-state index is 13.3. The predicted octanol–water partition coefficient (Wildman–Crippen LogP) is 3.13. The SMILES string of the molecule is Fc1cccc(/C=N/N2CC[NH+](C3c4ccccc4-c4ccccc43)CC2)c1. The van der Waals surface area contributed by atoms with Crippen LogP contribution in [0, 0.1) is 5.82 Å². The first-order valence-corrected chi connectivity index (χ1v) is 9.87. The van der Waals surface area contributed by atoms with E-state index < -0.39 is 0 Å². The topological polar surface area (TPSA) is 20.0 Å². The summed E-state index contributed by atoms with van der Waals surface area (Å²) in [7, 11) is 0. The quantitative estimate of drug-likeness (QED) is 0.701. The summed E-state index contributed by atoms with van der Waals surface area (Å²) in [6, 6.07) is 24.6. The smallest absolute Gasteiger partial charge is 0.140 e. The summed E-state index contributed by atoms with van der Waals surface area (Å²) in [6.45, 7) is 3.88. The van der Waals surface area contributed by atoms with Crippen molar-refractivity contribution in [2.24, 2.45) is 5.10 Å². The summed E-state index contributed by atoms with van der Waals surface area (Å²) in [5.74, 6) is -0.225. The monoisotopic (exact) mass is 372 g/mol. The Morgan fingerprint density at radius 3 is 2.14 bits per heavy atom. The maximum atomic E-state index is 13.3. The van der Waals surface area contributed by atoms with Gasteiger partial charge < -0.3 is 4.90 Å². The third-order valence-corrected chi connectivity index (χ3v) is 5.84. The van der Waals surface area contributed by atoms with Crippen LogP contribution >= 0.6 is 0 Å². The number of benzene rings is 3. The molecule has 0 spiro atoms. The second kappa shape index (κ2) is 7.21. The van der Waals surface area contributed by atoms with E-state index in [9.17, 15) is 4.39 Å². The van der Waals surface area contributed by atoms with Crippen LogP contribution < -0.4 is 4.90 Å². The lowest BCUT2D eigenvalue weighted by Crippen LogP contribution is -3.14. The van der Waals surface area contributed by atoms with Gasteiger partial charge in [-0.15, -0.1) is 0 Å². The summed E-state index contributed by atoms with van der Waals surface area (Å²) in [4.78, 5) is 1.59. The molecule has 1 heterocycles. The Hall–Kier alpha value is -2.98. The van der Waals surface area contributed by atoms with Crippen LogP contribution in [0.2, 0.25) is 0 Å². The van der Waals surface area contributed by atoms with Gasteiger partial charge in [-0.2, -0.15) is 5.10 Å². The summed E-state index contributed by atoms with van der Waals surface area (Å²) < 4.78 is 13.3. The number of hydrogen-bond donors (Lipinski definition) is 1. The van der Waals surface area contributed by atoms with Crippen molar-refractivity contribution in [3.8, 4) is 11.1 Å². The lowest BCUT2D eigenvalue weighted by atomic mass is 10.0. The minimum absolute atomic E-state index is 0.225. The van der Waals surface area contributed by atoms with Crippen LogP contribution in [0.5, 0.6) is 0 Å². The van der Waals surface area contributed by atoms with Gasteiger partial charge in [0.15, 0.2) is 0 Å². The molecule has 3 nitrogen and oxygen atoms in total. The normalized spacial score (nSPS) is 17.1. The number of piperazine rings is 1. The second-order valence-electron chi connectivity index (χ2n) is 7.52. The molecule has 0 saturated carbocycles. The molecule has 1 saturated heterocycles. The van der Waals surface area contributed by atoms with E-state index in [2.05, 4.69) is 58.6 Å². The highest BCUT2D eigenvalue weighted by atomic mass is 19.1. The third kappa shape index (κ3) is 3.10. The Labute approximate surface area is 164 Å². The van der Waals surface area contributed by atoms with Crippen LogP contribution in [0.4, 0.5) is 4.39 Å². The van der Waals surface area contributed by atoms with Gasteiger partial charge in [0.25, 0.3) is 0 Å². The Bertz CT molecular complexity index is 976. The Kier molecular flexibility index (Phi) is 4.41. The molecule has 3 aromatic rings. The molecule has 28 heavy (non-hydrogen) atoms. The number of nitrogens with one attached hydrogen (secondary N) is 1. The minimum Gasteiger partial charge on any atom is -0.322 e. The van der Waals surface area contributed by atoms with Crippen molar-refractivity contribution >= 4 is 6.21 Å². The Morgan fingerprint density at radius 1 is 0.857 bits per heavy atom. The Balaban J connectivity index is 1.32. The molecule has 0 radical (unpaired) electrons. The molecule has 0 amide bonds. The van der Waals surface area contributed by atoms with Crippen LogP contribution in [0.1, 0.15) is 22.7 Å². The first kappa shape index (κ1) is 17.1. The van der Waals surface area contributed by atoms with Crippen molar-refractivity contribution in [3.63, 3.8) is 0 Å². The van der Waals surface area contributed by atoms with Gasteiger partial charge in [-0.3, -0.25) is 5.01 Å². The van der Waals surface area contributed by atoms with E-state index in [1.54, 1.807) is 17.2 Å². The molecule has 0 unspecified atom stereocenters.